The molecule has 136 valence electrons. The zero-order valence-corrected chi connectivity index (χ0v) is 14.7. The Hall–Kier alpha value is -3.22. The molecule has 0 unspecified atom stereocenters. The maximum absolute atomic E-state index is 12.1. The van der Waals surface area contributed by atoms with Crippen LogP contribution in [0.3, 0.4) is 0 Å². The summed E-state index contributed by atoms with van der Waals surface area (Å²) in [4.78, 5) is 34.4. The van der Waals surface area contributed by atoms with Gasteiger partial charge in [-0.3, -0.25) is 19.7 Å². The van der Waals surface area contributed by atoms with Crippen molar-refractivity contribution in [1.29, 1.82) is 0 Å². The Morgan fingerprint density at radius 3 is 2.50 bits per heavy atom. The van der Waals surface area contributed by atoms with Crippen molar-refractivity contribution >= 4 is 23.3 Å². The Balaban J connectivity index is 1.94. The van der Waals surface area contributed by atoms with Crippen LogP contribution in [0.1, 0.15) is 23.6 Å². The lowest BCUT2D eigenvalue weighted by atomic mass is 10.1. The van der Waals surface area contributed by atoms with Crippen LogP contribution in [0, 0.1) is 17.0 Å². The largest absolute Gasteiger partial charge is 0.455 e. The van der Waals surface area contributed by atoms with Gasteiger partial charge in [0.15, 0.2) is 6.61 Å². The minimum Gasteiger partial charge on any atom is -0.455 e. The lowest BCUT2D eigenvalue weighted by molar-refractivity contribution is -0.385. The van der Waals surface area contributed by atoms with Gasteiger partial charge < -0.3 is 10.1 Å². The number of para-hydroxylation sites is 2. The predicted octanol–water partition coefficient (Wildman–Crippen LogP) is 3.19. The molecule has 7 nitrogen and oxygen atoms in total. The lowest BCUT2D eigenvalue weighted by Gasteiger charge is -2.13. The van der Waals surface area contributed by atoms with Crippen molar-refractivity contribution in [3.05, 3.63) is 69.3 Å². The number of amides is 1. The number of nitro groups is 1. The molecule has 0 saturated carbocycles. The summed E-state index contributed by atoms with van der Waals surface area (Å²) in [5.74, 6) is -1.15. The maximum Gasteiger partial charge on any atom is 0.311 e. The Labute approximate surface area is 151 Å². The Kier molecular flexibility index (Phi) is 6.43. The number of esters is 1. The molecule has 2 rings (SSSR count). The number of nitrogens with one attached hydrogen (secondary N) is 1. The smallest absolute Gasteiger partial charge is 0.311 e. The number of carbonyl (C=O) groups is 2. The second-order valence-electron chi connectivity index (χ2n) is 5.73. The molecule has 2 aromatic carbocycles. The summed E-state index contributed by atoms with van der Waals surface area (Å²) >= 11 is 0. The third kappa shape index (κ3) is 4.89. The van der Waals surface area contributed by atoms with Crippen LogP contribution in [0.5, 0.6) is 0 Å². The molecule has 0 saturated heterocycles. The number of nitro benzene ring substituents is 1. The van der Waals surface area contributed by atoms with Crippen molar-refractivity contribution < 1.29 is 19.2 Å². The highest BCUT2D eigenvalue weighted by Gasteiger charge is 2.17. The molecule has 0 aliphatic heterocycles. The highest BCUT2D eigenvalue weighted by atomic mass is 16.6. The molecule has 0 bridgehead atoms. The van der Waals surface area contributed by atoms with Gasteiger partial charge in [-0.05, 0) is 24.5 Å². The summed E-state index contributed by atoms with van der Waals surface area (Å²) in [5, 5.41) is 13.7. The van der Waals surface area contributed by atoms with Gasteiger partial charge >= 0.3 is 5.97 Å². The average Bonchev–Trinajstić information content (AvgIpc) is 2.62. The first-order valence-corrected chi connectivity index (χ1v) is 8.18. The molecule has 0 aromatic heterocycles. The zero-order valence-electron chi connectivity index (χ0n) is 14.7. The minimum atomic E-state index is -0.699. The van der Waals surface area contributed by atoms with E-state index in [-0.39, 0.29) is 17.7 Å². The normalized spacial score (nSPS) is 10.2. The van der Waals surface area contributed by atoms with Crippen molar-refractivity contribution in [3.8, 4) is 0 Å². The van der Waals surface area contributed by atoms with Gasteiger partial charge in [0.25, 0.3) is 11.6 Å². The molecule has 0 heterocycles. The molecule has 0 aliphatic rings. The van der Waals surface area contributed by atoms with Gasteiger partial charge in [-0.25, -0.2) is 0 Å². The van der Waals surface area contributed by atoms with Gasteiger partial charge in [0.1, 0.15) is 0 Å². The number of anilines is 1. The van der Waals surface area contributed by atoms with E-state index >= 15 is 0 Å². The van der Waals surface area contributed by atoms with Crippen LogP contribution in [0.15, 0.2) is 42.5 Å². The van der Waals surface area contributed by atoms with E-state index in [4.69, 9.17) is 4.74 Å². The summed E-state index contributed by atoms with van der Waals surface area (Å²) in [6.45, 7) is 3.42. The van der Waals surface area contributed by atoms with E-state index in [2.05, 4.69) is 5.32 Å². The van der Waals surface area contributed by atoms with Crippen molar-refractivity contribution in [2.75, 3.05) is 11.9 Å². The van der Waals surface area contributed by atoms with Crippen LogP contribution in [0.2, 0.25) is 0 Å². The SMILES string of the molecule is CCc1cccc(C)c1NC(=O)COC(=O)Cc1ccccc1[N+](=O)[O-]. The summed E-state index contributed by atoms with van der Waals surface area (Å²) in [6, 6.07) is 11.6. The van der Waals surface area contributed by atoms with Gasteiger partial charge in [-0.15, -0.1) is 0 Å². The molecule has 0 fully saturated rings. The molecular weight excluding hydrogens is 336 g/mol. The highest BCUT2D eigenvalue weighted by Crippen LogP contribution is 2.21. The summed E-state index contributed by atoms with van der Waals surface area (Å²) in [6.07, 6.45) is 0.490. The summed E-state index contributed by atoms with van der Waals surface area (Å²) < 4.78 is 4.95. The molecular formula is C19H20N2O5. The zero-order chi connectivity index (χ0) is 19.1. The van der Waals surface area contributed by atoms with Gasteiger partial charge in [0.2, 0.25) is 0 Å². The van der Waals surface area contributed by atoms with Gasteiger partial charge in [-0.1, -0.05) is 43.3 Å². The predicted molar refractivity (Wildman–Crippen MR) is 96.9 cm³/mol. The molecule has 2 aromatic rings. The van der Waals surface area contributed by atoms with Crippen molar-refractivity contribution in [2.24, 2.45) is 0 Å². The Morgan fingerprint density at radius 1 is 1.12 bits per heavy atom. The van der Waals surface area contributed by atoms with Crippen LogP contribution in [0.4, 0.5) is 11.4 Å². The number of carbonyl (C=O) groups excluding carboxylic acids is 2. The average molecular weight is 356 g/mol. The van der Waals surface area contributed by atoms with Crippen LogP contribution >= 0.6 is 0 Å². The van der Waals surface area contributed by atoms with Crippen molar-refractivity contribution in [1.82, 2.24) is 0 Å². The second-order valence-corrected chi connectivity index (χ2v) is 5.73. The van der Waals surface area contributed by atoms with E-state index in [1.165, 1.54) is 18.2 Å². The number of hydrogen-bond donors (Lipinski definition) is 1. The fourth-order valence-corrected chi connectivity index (χ4v) is 2.57. The number of ether oxygens (including phenoxy) is 1. The number of aryl methyl sites for hydroxylation is 2. The number of rotatable bonds is 7. The van der Waals surface area contributed by atoms with E-state index in [0.717, 1.165) is 23.2 Å². The molecule has 26 heavy (non-hydrogen) atoms. The first-order chi connectivity index (χ1) is 12.4. The Morgan fingerprint density at radius 2 is 1.81 bits per heavy atom. The molecule has 0 radical (unpaired) electrons. The fraction of sp³-hybridized carbons (Fsp3) is 0.263. The maximum atomic E-state index is 12.1. The van der Waals surface area contributed by atoms with E-state index < -0.39 is 23.4 Å². The lowest BCUT2D eigenvalue weighted by Crippen LogP contribution is -2.22. The van der Waals surface area contributed by atoms with Gasteiger partial charge in [0, 0.05) is 17.3 Å². The van der Waals surface area contributed by atoms with E-state index in [9.17, 15) is 19.7 Å². The van der Waals surface area contributed by atoms with Crippen LogP contribution in [-0.4, -0.2) is 23.4 Å². The number of nitrogens with zero attached hydrogens (tertiary/aromatic N) is 1. The van der Waals surface area contributed by atoms with Crippen LogP contribution in [0.25, 0.3) is 0 Å². The molecule has 0 aliphatic carbocycles. The van der Waals surface area contributed by atoms with Gasteiger partial charge in [0.05, 0.1) is 11.3 Å². The quantitative estimate of drug-likeness (QED) is 0.467. The monoisotopic (exact) mass is 356 g/mol. The standard InChI is InChI=1S/C19H20N2O5/c1-3-14-9-6-7-13(2)19(14)20-17(22)12-26-18(23)11-15-8-4-5-10-16(15)21(24)25/h4-10H,3,11-12H2,1-2H3,(H,20,22). The van der Waals surface area contributed by atoms with E-state index in [1.807, 2.05) is 32.0 Å². The van der Waals surface area contributed by atoms with Crippen molar-refractivity contribution in [3.63, 3.8) is 0 Å². The van der Waals surface area contributed by atoms with Crippen LogP contribution < -0.4 is 5.32 Å². The topological polar surface area (TPSA) is 98.5 Å². The fourth-order valence-electron chi connectivity index (χ4n) is 2.57. The minimum absolute atomic E-state index is 0.151. The first kappa shape index (κ1) is 19.1. The Bertz CT molecular complexity index is 832. The molecule has 1 amide bonds. The third-order valence-electron chi connectivity index (χ3n) is 3.89. The molecule has 1 N–H and O–H groups in total. The summed E-state index contributed by atoms with van der Waals surface area (Å²) in [5.41, 5.74) is 2.72. The summed E-state index contributed by atoms with van der Waals surface area (Å²) in [7, 11) is 0. The van der Waals surface area contributed by atoms with E-state index in [0.29, 0.717) is 0 Å². The molecule has 7 heteroatoms. The van der Waals surface area contributed by atoms with Crippen LogP contribution in [-0.2, 0) is 27.2 Å². The highest BCUT2D eigenvalue weighted by molar-refractivity contribution is 5.94. The van der Waals surface area contributed by atoms with Gasteiger partial charge in [-0.2, -0.15) is 0 Å². The second kappa shape index (κ2) is 8.75. The van der Waals surface area contributed by atoms with E-state index in [1.54, 1.807) is 6.07 Å². The number of hydrogen-bond acceptors (Lipinski definition) is 5. The first-order valence-electron chi connectivity index (χ1n) is 8.18. The number of benzene rings is 2. The third-order valence-corrected chi connectivity index (χ3v) is 3.89. The van der Waals surface area contributed by atoms with Crippen molar-refractivity contribution in [2.45, 2.75) is 26.7 Å². The molecule has 0 atom stereocenters. The molecule has 0 spiro atoms.